The molecule has 0 spiro atoms. The van der Waals surface area contributed by atoms with Crippen LogP contribution < -0.4 is 9.80 Å². The van der Waals surface area contributed by atoms with Gasteiger partial charge in [-0.2, -0.15) is 10.1 Å². The van der Waals surface area contributed by atoms with E-state index in [1.165, 1.54) is 30.5 Å². The fourth-order valence-corrected chi connectivity index (χ4v) is 4.01. The third-order valence-electron chi connectivity index (χ3n) is 5.47. The Morgan fingerprint density at radius 2 is 2.15 bits per heavy atom. The van der Waals surface area contributed by atoms with Gasteiger partial charge in [0, 0.05) is 32.0 Å². The van der Waals surface area contributed by atoms with Crippen LogP contribution in [0.1, 0.15) is 49.1 Å². The van der Waals surface area contributed by atoms with Crippen LogP contribution in [0.2, 0.25) is 0 Å². The molecule has 0 saturated carbocycles. The molecule has 2 aliphatic rings. The van der Waals surface area contributed by atoms with Crippen molar-refractivity contribution in [2.24, 2.45) is 0 Å². The monoisotopic (exact) mass is 356 g/mol. The van der Waals surface area contributed by atoms with E-state index in [1.54, 1.807) is 6.20 Å². The number of aryl methyl sites for hydroxylation is 1. The lowest BCUT2D eigenvalue weighted by molar-refractivity contribution is 0.154. The second-order valence-corrected chi connectivity index (χ2v) is 7.50. The van der Waals surface area contributed by atoms with Crippen LogP contribution in [0.3, 0.4) is 0 Å². The summed E-state index contributed by atoms with van der Waals surface area (Å²) in [5, 5.41) is 17.7. The molecule has 1 unspecified atom stereocenters. The standard InChI is InChI=1S/C19H28N6O/c1-24(13-17-15-7-3-2-4-8-16(15)22-23-17)19-20-10-9-18(21-19)25-11-5-6-14(26)12-25/h9-10,14,26H,2-8,11-13H2,1H3,(H,22,23). The molecule has 2 aromatic heterocycles. The molecule has 3 heterocycles. The SMILES string of the molecule is CN(Cc1n[nH]c2c1CCCCC2)c1nccc(N2CCCC(O)C2)n1. The third kappa shape index (κ3) is 3.67. The molecule has 140 valence electrons. The highest BCUT2D eigenvalue weighted by Crippen LogP contribution is 2.24. The van der Waals surface area contributed by atoms with E-state index in [4.69, 9.17) is 4.98 Å². The van der Waals surface area contributed by atoms with Crippen LogP contribution in [0.15, 0.2) is 12.3 Å². The second-order valence-electron chi connectivity index (χ2n) is 7.50. The molecule has 2 aromatic rings. The van der Waals surface area contributed by atoms with Crippen molar-refractivity contribution in [3.8, 4) is 0 Å². The summed E-state index contributed by atoms with van der Waals surface area (Å²) in [6, 6.07) is 1.93. The lowest BCUT2D eigenvalue weighted by Crippen LogP contribution is -2.38. The molecular weight excluding hydrogens is 328 g/mol. The number of aromatic amines is 1. The molecule has 0 radical (unpaired) electrons. The van der Waals surface area contributed by atoms with Crippen molar-refractivity contribution in [3.63, 3.8) is 0 Å². The number of aliphatic hydroxyl groups excluding tert-OH is 1. The minimum atomic E-state index is -0.264. The number of H-pyrrole nitrogens is 1. The normalized spacial score (nSPS) is 20.5. The molecule has 1 fully saturated rings. The maximum atomic E-state index is 9.92. The topological polar surface area (TPSA) is 81.2 Å². The van der Waals surface area contributed by atoms with Crippen LogP contribution in [0.25, 0.3) is 0 Å². The Labute approximate surface area is 154 Å². The van der Waals surface area contributed by atoms with Gasteiger partial charge >= 0.3 is 0 Å². The highest BCUT2D eigenvalue weighted by molar-refractivity contribution is 5.44. The van der Waals surface area contributed by atoms with Crippen molar-refractivity contribution in [1.82, 2.24) is 20.2 Å². The fourth-order valence-electron chi connectivity index (χ4n) is 4.01. The average molecular weight is 356 g/mol. The first-order valence-corrected chi connectivity index (χ1v) is 9.73. The van der Waals surface area contributed by atoms with Gasteiger partial charge in [-0.1, -0.05) is 6.42 Å². The Balaban J connectivity index is 1.49. The van der Waals surface area contributed by atoms with E-state index in [9.17, 15) is 5.11 Å². The Bertz CT molecular complexity index is 745. The summed E-state index contributed by atoms with van der Waals surface area (Å²) in [4.78, 5) is 13.4. The minimum absolute atomic E-state index is 0.264. The molecule has 7 heteroatoms. The van der Waals surface area contributed by atoms with E-state index in [0.29, 0.717) is 19.0 Å². The number of rotatable bonds is 4. The number of fused-ring (bicyclic) bond motifs is 1. The van der Waals surface area contributed by atoms with Crippen molar-refractivity contribution >= 4 is 11.8 Å². The molecule has 1 aliphatic heterocycles. The molecule has 0 bridgehead atoms. The summed E-state index contributed by atoms with van der Waals surface area (Å²) >= 11 is 0. The molecule has 26 heavy (non-hydrogen) atoms. The van der Waals surface area contributed by atoms with Crippen molar-refractivity contribution in [2.75, 3.05) is 29.9 Å². The van der Waals surface area contributed by atoms with Gasteiger partial charge in [-0.3, -0.25) is 5.10 Å². The van der Waals surface area contributed by atoms with Crippen molar-refractivity contribution in [3.05, 3.63) is 29.2 Å². The van der Waals surface area contributed by atoms with E-state index >= 15 is 0 Å². The minimum Gasteiger partial charge on any atom is -0.391 e. The van der Waals surface area contributed by atoms with E-state index in [1.807, 2.05) is 13.1 Å². The molecule has 4 rings (SSSR count). The second kappa shape index (κ2) is 7.61. The average Bonchev–Trinajstić information content (AvgIpc) is 2.88. The molecule has 1 atom stereocenters. The maximum absolute atomic E-state index is 9.92. The number of aromatic nitrogens is 4. The van der Waals surface area contributed by atoms with E-state index in [2.05, 4.69) is 25.0 Å². The predicted molar refractivity (Wildman–Crippen MR) is 101 cm³/mol. The number of hydrogen-bond donors (Lipinski definition) is 2. The van der Waals surface area contributed by atoms with E-state index < -0.39 is 0 Å². The van der Waals surface area contributed by atoms with Gasteiger partial charge in [-0.25, -0.2) is 4.98 Å². The number of piperidine rings is 1. The van der Waals surface area contributed by atoms with Crippen molar-refractivity contribution in [2.45, 2.75) is 57.6 Å². The van der Waals surface area contributed by atoms with Crippen molar-refractivity contribution < 1.29 is 5.11 Å². The number of β-amino-alcohol motifs (C(OH)–C–C–N with tert-alkyl or cyclic N) is 1. The first-order chi connectivity index (χ1) is 12.7. The number of anilines is 2. The van der Waals surface area contributed by atoms with E-state index in [0.717, 1.165) is 43.7 Å². The Morgan fingerprint density at radius 1 is 1.27 bits per heavy atom. The zero-order valence-corrected chi connectivity index (χ0v) is 15.5. The van der Waals surface area contributed by atoms with Gasteiger partial charge in [0.05, 0.1) is 18.3 Å². The quantitative estimate of drug-likeness (QED) is 0.816. The number of nitrogens with zero attached hydrogens (tertiary/aromatic N) is 5. The Morgan fingerprint density at radius 3 is 3.04 bits per heavy atom. The van der Waals surface area contributed by atoms with Crippen LogP contribution in [0, 0.1) is 0 Å². The van der Waals surface area contributed by atoms with Crippen molar-refractivity contribution in [1.29, 1.82) is 0 Å². The molecule has 7 nitrogen and oxygen atoms in total. The molecule has 1 aliphatic carbocycles. The summed E-state index contributed by atoms with van der Waals surface area (Å²) in [6.45, 7) is 2.29. The predicted octanol–water partition coefficient (Wildman–Crippen LogP) is 2.07. The first kappa shape index (κ1) is 17.3. The Kier molecular flexibility index (Phi) is 5.06. The molecule has 0 amide bonds. The van der Waals surface area contributed by atoms with Gasteiger partial charge < -0.3 is 14.9 Å². The zero-order valence-electron chi connectivity index (χ0n) is 15.5. The third-order valence-corrected chi connectivity index (χ3v) is 5.47. The van der Waals surface area contributed by atoms with Gasteiger partial charge in [-0.05, 0) is 50.2 Å². The molecule has 0 aromatic carbocycles. The zero-order chi connectivity index (χ0) is 17.9. The Hall–Kier alpha value is -2.15. The maximum Gasteiger partial charge on any atom is 0.227 e. The lowest BCUT2D eigenvalue weighted by atomic mass is 10.1. The highest BCUT2D eigenvalue weighted by Gasteiger charge is 2.21. The van der Waals surface area contributed by atoms with Gasteiger partial charge in [0.25, 0.3) is 0 Å². The summed E-state index contributed by atoms with van der Waals surface area (Å²) in [5.74, 6) is 1.59. The number of hydrogen-bond acceptors (Lipinski definition) is 6. The van der Waals surface area contributed by atoms with Crippen LogP contribution >= 0.6 is 0 Å². The van der Waals surface area contributed by atoms with E-state index in [-0.39, 0.29) is 6.10 Å². The van der Waals surface area contributed by atoms with Crippen LogP contribution in [-0.4, -0.2) is 51.5 Å². The summed E-state index contributed by atoms with van der Waals surface area (Å²) in [7, 11) is 2.02. The summed E-state index contributed by atoms with van der Waals surface area (Å²) in [6.07, 6.45) is 9.42. The highest BCUT2D eigenvalue weighted by atomic mass is 16.3. The first-order valence-electron chi connectivity index (χ1n) is 9.73. The molecular formula is C19H28N6O. The fraction of sp³-hybridized carbons (Fsp3) is 0.632. The smallest absolute Gasteiger partial charge is 0.227 e. The van der Waals surface area contributed by atoms with Gasteiger partial charge in [0.2, 0.25) is 5.95 Å². The lowest BCUT2D eigenvalue weighted by Gasteiger charge is -2.31. The summed E-state index contributed by atoms with van der Waals surface area (Å²) in [5.41, 5.74) is 3.82. The molecule has 1 saturated heterocycles. The van der Waals surface area contributed by atoms with Gasteiger partial charge in [-0.15, -0.1) is 0 Å². The van der Waals surface area contributed by atoms with Crippen LogP contribution in [0.4, 0.5) is 11.8 Å². The van der Waals surface area contributed by atoms with Crippen LogP contribution in [0.5, 0.6) is 0 Å². The van der Waals surface area contributed by atoms with Crippen LogP contribution in [-0.2, 0) is 19.4 Å². The number of aliphatic hydroxyl groups is 1. The number of nitrogens with one attached hydrogen (secondary N) is 1. The molecule has 2 N–H and O–H groups in total. The van der Waals surface area contributed by atoms with Gasteiger partial charge in [0.1, 0.15) is 5.82 Å². The van der Waals surface area contributed by atoms with Gasteiger partial charge in [0.15, 0.2) is 0 Å². The largest absolute Gasteiger partial charge is 0.391 e. The summed E-state index contributed by atoms with van der Waals surface area (Å²) < 4.78 is 0.